The van der Waals surface area contributed by atoms with Crippen molar-refractivity contribution < 1.29 is 13.6 Å². The molecule has 1 aliphatic carbocycles. The molecular formula is C18H18F2N2OS. The van der Waals surface area contributed by atoms with E-state index in [1.165, 1.54) is 6.07 Å². The van der Waals surface area contributed by atoms with Crippen LogP contribution < -0.4 is 5.32 Å². The van der Waals surface area contributed by atoms with E-state index >= 15 is 0 Å². The van der Waals surface area contributed by atoms with Crippen molar-refractivity contribution in [2.45, 2.75) is 37.3 Å². The lowest BCUT2D eigenvalue weighted by atomic mass is 9.77. The molecule has 0 unspecified atom stereocenters. The zero-order valence-corrected chi connectivity index (χ0v) is 14.0. The molecule has 3 aliphatic heterocycles. The van der Waals surface area contributed by atoms with Crippen LogP contribution in [-0.2, 0) is 0 Å². The highest BCUT2D eigenvalue weighted by Crippen LogP contribution is 2.53. The van der Waals surface area contributed by atoms with E-state index in [-0.39, 0.29) is 22.2 Å². The second-order valence-corrected chi connectivity index (χ2v) is 8.32. The van der Waals surface area contributed by atoms with Gasteiger partial charge in [0.15, 0.2) is 11.6 Å². The summed E-state index contributed by atoms with van der Waals surface area (Å²) >= 11 is 1.03. The van der Waals surface area contributed by atoms with Gasteiger partial charge in [-0.2, -0.15) is 0 Å². The molecule has 24 heavy (non-hydrogen) atoms. The van der Waals surface area contributed by atoms with Gasteiger partial charge >= 0.3 is 0 Å². The number of fused-ring (bicyclic) bond motifs is 3. The van der Waals surface area contributed by atoms with Gasteiger partial charge in [-0.25, -0.2) is 8.78 Å². The average molecular weight is 348 g/mol. The van der Waals surface area contributed by atoms with Gasteiger partial charge in [0.25, 0.3) is 5.91 Å². The number of hydrogen-bond donors (Lipinski definition) is 1. The van der Waals surface area contributed by atoms with Gasteiger partial charge < -0.3 is 5.32 Å². The van der Waals surface area contributed by atoms with Crippen molar-refractivity contribution in [1.82, 2.24) is 10.2 Å². The van der Waals surface area contributed by atoms with Crippen LogP contribution in [-0.4, -0.2) is 35.5 Å². The number of benzene rings is 1. The van der Waals surface area contributed by atoms with Crippen LogP contribution in [0, 0.1) is 17.6 Å². The third kappa shape index (κ3) is 1.99. The summed E-state index contributed by atoms with van der Waals surface area (Å²) in [7, 11) is 0. The Morgan fingerprint density at radius 2 is 2.00 bits per heavy atom. The van der Waals surface area contributed by atoms with E-state index in [1.54, 1.807) is 6.07 Å². The molecular weight excluding hydrogens is 330 g/mol. The van der Waals surface area contributed by atoms with E-state index in [9.17, 15) is 13.6 Å². The summed E-state index contributed by atoms with van der Waals surface area (Å²) < 4.78 is 27.5. The van der Waals surface area contributed by atoms with Crippen molar-refractivity contribution in [1.29, 1.82) is 0 Å². The fourth-order valence-corrected chi connectivity index (χ4v) is 5.68. The van der Waals surface area contributed by atoms with Gasteiger partial charge in [-0.05, 0) is 62.2 Å². The second kappa shape index (κ2) is 4.99. The van der Waals surface area contributed by atoms with Crippen LogP contribution in [0.3, 0.4) is 0 Å². The molecule has 2 aromatic rings. The number of rotatable bonds is 2. The maximum Gasteiger partial charge on any atom is 0.261 e. The summed E-state index contributed by atoms with van der Waals surface area (Å²) in [5.41, 5.74) is 0.171. The molecule has 2 bridgehead atoms. The predicted octanol–water partition coefficient (Wildman–Crippen LogP) is 3.54. The molecule has 6 rings (SSSR count). The molecule has 6 heteroatoms. The van der Waals surface area contributed by atoms with Gasteiger partial charge in [0.2, 0.25) is 0 Å². The van der Waals surface area contributed by atoms with Crippen LogP contribution in [0.15, 0.2) is 18.2 Å². The quantitative estimate of drug-likeness (QED) is 0.900. The predicted molar refractivity (Wildman–Crippen MR) is 89.3 cm³/mol. The Morgan fingerprint density at radius 1 is 1.25 bits per heavy atom. The number of hydrogen-bond acceptors (Lipinski definition) is 3. The number of amides is 1. The highest BCUT2D eigenvalue weighted by atomic mass is 32.1. The molecule has 3 nitrogen and oxygen atoms in total. The van der Waals surface area contributed by atoms with Crippen molar-refractivity contribution in [2.24, 2.45) is 5.92 Å². The number of halogens is 2. The first-order chi connectivity index (χ1) is 11.6. The minimum absolute atomic E-state index is 0.152. The SMILES string of the molecule is O=C(N[C@H]1C2CCN(CC2)C12CC2)c1cc2ccc(F)c(F)c2s1. The Kier molecular flexibility index (Phi) is 3.07. The van der Waals surface area contributed by atoms with Gasteiger partial charge in [0.05, 0.1) is 15.6 Å². The highest BCUT2D eigenvalue weighted by molar-refractivity contribution is 7.20. The maximum atomic E-state index is 13.9. The Morgan fingerprint density at radius 3 is 2.71 bits per heavy atom. The van der Waals surface area contributed by atoms with E-state index in [0.717, 1.165) is 56.2 Å². The van der Waals surface area contributed by atoms with Crippen LogP contribution in [0.4, 0.5) is 8.78 Å². The summed E-state index contributed by atoms with van der Waals surface area (Å²) in [4.78, 5) is 15.7. The maximum absolute atomic E-state index is 13.9. The Labute approximate surface area is 142 Å². The Balaban J connectivity index is 1.44. The molecule has 4 heterocycles. The lowest BCUT2D eigenvalue weighted by Gasteiger charge is -2.52. The van der Waals surface area contributed by atoms with Crippen molar-refractivity contribution in [3.05, 3.63) is 34.7 Å². The van der Waals surface area contributed by atoms with Crippen molar-refractivity contribution in [2.75, 3.05) is 13.1 Å². The number of carbonyl (C=O) groups is 1. The van der Waals surface area contributed by atoms with Crippen LogP contribution >= 0.6 is 11.3 Å². The Hall–Kier alpha value is -1.53. The summed E-state index contributed by atoms with van der Waals surface area (Å²) in [6, 6.07) is 4.49. The van der Waals surface area contributed by atoms with Crippen LogP contribution in [0.25, 0.3) is 10.1 Å². The molecule has 1 aromatic heterocycles. The first-order valence-electron chi connectivity index (χ1n) is 8.52. The standard InChI is InChI=1S/C18H18F2N2OS/c19-12-2-1-11-9-13(24-15(11)14(12)20)17(23)21-16-10-3-7-22(8-4-10)18(16)5-6-18/h1-2,9-10,16H,3-8H2,(H,21,23)/t16-/m0/s1. The molecule has 126 valence electrons. The number of nitrogens with zero attached hydrogens (tertiary/aromatic N) is 1. The fraction of sp³-hybridized carbons (Fsp3) is 0.500. The number of carbonyl (C=O) groups excluding carboxylic acids is 1. The number of thiophene rings is 1. The number of nitrogens with one attached hydrogen (secondary N) is 1. The lowest BCUT2D eigenvalue weighted by Crippen LogP contribution is -2.65. The van der Waals surface area contributed by atoms with Gasteiger partial charge in [-0.15, -0.1) is 11.3 Å². The average Bonchev–Trinajstić information content (AvgIpc) is 3.24. The van der Waals surface area contributed by atoms with Crippen LogP contribution in [0.2, 0.25) is 0 Å². The van der Waals surface area contributed by atoms with E-state index in [0.29, 0.717) is 16.2 Å². The van der Waals surface area contributed by atoms with E-state index in [2.05, 4.69) is 10.2 Å². The molecule has 1 amide bonds. The zero-order chi connectivity index (χ0) is 16.5. The monoisotopic (exact) mass is 348 g/mol. The fourth-order valence-electron chi connectivity index (χ4n) is 4.69. The third-order valence-corrected chi connectivity index (χ3v) is 7.21. The molecule has 1 saturated carbocycles. The first-order valence-corrected chi connectivity index (χ1v) is 9.34. The zero-order valence-electron chi connectivity index (χ0n) is 13.1. The molecule has 1 atom stereocenters. The number of piperidine rings is 3. The van der Waals surface area contributed by atoms with Crippen LogP contribution in [0.5, 0.6) is 0 Å². The lowest BCUT2D eigenvalue weighted by molar-refractivity contribution is -0.00138. The molecule has 1 N–H and O–H groups in total. The Bertz CT molecular complexity index is 837. The van der Waals surface area contributed by atoms with E-state index in [1.807, 2.05) is 0 Å². The van der Waals surface area contributed by atoms with Crippen molar-refractivity contribution in [3.8, 4) is 0 Å². The molecule has 4 fully saturated rings. The molecule has 1 spiro atoms. The first kappa shape index (κ1) is 14.8. The van der Waals surface area contributed by atoms with Gasteiger partial charge in [0, 0.05) is 5.54 Å². The molecule has 1 aromatic carbocycles. The van der Waals surface area contributed by atoms with Gasteiger partial charge in [0.1, 0.15) is 0 Å². The minimum Gasteiger partial charge on any atom is -0.346 e. The smallest absolute Gasteiger partial charge is 0.261 e. The summed E-state index contributed by atoms with van der Waals surface area (Å²) in [6.45, 7) is 2.29. The highest BCUT2D eigenvalue weighted by Gasteiger charge is 2.60. The molecule has 0 radical (unpaired) electrons. The van der Waals surface area contributed by atoms with Crippen molar-refractivity contribution in [3.63, 3.8) is 0 Å². The van der Waals surface area contributed by atoms with E-state index < -0.39 is 11.6 Å². The topological polar surface area (TPSA) is 32.3 Å². The minimum atomic E-state index is -0.870. The summed E-state index contributed by atoms with van der Waals surface area (Å²) in [5.74, 6) is -1.34. The van der Waals surface area contributed by atoms with E-state index in [4.69, 9.17) is 0 Å². The summed E-state index contributed by atoms with van der Waals surface area (Å²) in [5, 5.41) is 3.81. The second-order valence-electron chi connectivity index (χ2n) is 7.27. The summed E-state index contributed by atoms with van der Waals surface area (Å²) in [6.07, 6.45) is 4.58. The van der Waals surface area contributed by atoms with Gasteiger partial charge in [-0.3, -0.25) is 9.69 Å². The molecule has 4 aliphatic rings. The third-order valence-electron chi connectivity index (χ3n) is 6.07. The van der Waals surface area contributed by atoms with Crippen LogP contribution in [0.1, 0.15) is 35.4 Å². The van der Waals surface area contributed by atoms with Gasteiger partial charge in [-0.1, -0.05) is 6.07 Å². The normalized spacial score (nSPS) is 30.0. The molecule has 3 saturated heterocycles. The van der Waals surface area contributed by atoms with Crippen molar-refractivity contribution >= 4 is 27.3 Å². The largest absolute Gasteiger partial charge is 0.346 e.